The van der Waals surface area contributed by atoms with Crippen molar-refractivity contribution in [3.63, 3.8) is 0 Å². The lowest BCUT2D eigenvalue weighted by molar-refractivity contribution is 0.473. The van der Waals surface area contributed by atoms with Crippen LogP contribution in [0.1, 0.15) is 0 Å². The molecule has 0 heterocycles. The minimum absolute atomic E-state index is 0.0284. The Balaban J connectivity index is 2.42. The summed E-state index contributed by atoms with van der Waals surface area (Å²) in [6, 6.07) is 10.5. The predicted octanol–water partition coefficient (Wildman–Crippen LogP) is 2.36. The first kappa shape index (κ1) is 13.4. The molecule has 0 aliphatic rings. The van der Waals surface area contributed by atoms with Crippen molar-refractivity contribution in [2.45, 2.75) is 4.90 Å². The number of aromatic hydroxyl groups is 1. The number of phenolic OH excluding ortho intramolecular Hbond substituents is 1. The van der Waals surface area contributed by atoms with Crippen molar-refractivity contribution in [3.05, 3.63) is 54.3 Å². The smallest absolute Gasteiger partial charge is 0.264 e. The van der Waals surface area contributed by atoms with E-state index in [0.29, 0.717) is 5.69 Å². The number of hydrogen-bond acceptors (Lipinski definition) is 3. The summed E-state index contributed by atoms with van der Waals surface area (Å²) in [6.45, 7) is 0. The molecule has 0 aromatic heterocycles. The highest BCUT2D eigenvalue weighted by Crippen LogP contribution is 2.24. The number of benzene rings is 2. The van der Waals surface area contributed by atoms with E-state index in [1.54, 1.807) is 0 Å². The number of rotatable bonds is 3. The molecule has 0 atom stereocenters. The molecule has 0 saturated carbocycles. The van der Waals surface area contributed by atoms with Crippen LogP contribution in [0.2, 0.25) is 0 Å². The Kier molecular flexibility index (Phi) is 3.44. The summed E-state index contributed by atoms with van der Waals surface area (Å²) < 4.78 is 38.4. The van der Waals surface area contributed by atoms with E-state index in [1.807, 2.05) is 0 Å². The average molecular weight is 281 g/mol. The zero-order chi connectivity index (χ0) is 14.0. The van der Waals surface area contributed by atoms with Crippen LogP contribution in [-0.2, 0) is 10.0 Å². The summed E-state index contributed by atoms with van der Waals surface area (Å²) in [6.07, 6.45) is 0. The lowest BCUT2D eigenvalue weighted by Gasteiger charge is -2.19. The Morgan fingerprint density at radius 2 is 1.74 bits per heavy atom. The maximum absolute atomic E-state index is 12.8. The van der Waals surface area contributed by atoms with Gasteiger partial charge in [0.1, 0.15) is 11.6 Å². The molecule has 0 amide bonds. The van der Waals surface area contributed by atoms with Gasteiger partial charge in [-0.2, -0.15) is 0 Å². The Hall–Kier alpha value is -2.08. The van der Waals surface area contributed by atoms with Gasteiger partial charge in [-0.05, 0) is 36.4 Å². The SMILES string of the molecule is CN(c1ccc(F)cc1)S(=O)(=O)c1cccc(O)c1. The van der Waals surface area contributed by atoms with Crippen molar-refractivity contribution in [2.24, 2.45) is 0 Å². The fourth-order valence-corrected chi connectivity index (χ4v) is 2.83. The monoisotopic (exact) mass is 281 g/mol. The van der Waals surface area contributed by atoms with E-state index in [2.05, 4.69) is 0 Å². The van der Waals surface area contributed by atoms with Gasteiger partial charge in [0.25, 0.3) is 10.0 Å². The van der Waals surface area contributed by atoms with Gasteiger partial charge in [-0.15, -0.1) is 0 Å². The van der Waals surface area contributed by atoms with Gasteiger partial charge in [0.2, 0.25) is 0 Å². The minimum Gasteiger partial charge on any atom is -0.508 e. The van der Waals surface area contributed by atoms with Crippen molar-refractivity contribution in [1.82, 2.24) is 0 Å². The molecule has 2 aromatic carbocycles. The summed E-state index contributed by atoms with van der Waals surface area (Å²) in [5, 5.41) is 9.33. The molecule has 2 rings (SSSR count). The number of anilines is 1. The molecular weight excluding hydrogens is 269 g/mol. The third-order valence-electron chi connectivity index (χ3n) is 2.67. The van der Waals surface area contributed by atoms with Crippen molar-refractivity contribution in [3.8, 4) is 5.75 Å². The van der Waals surface area contributed by atoms with Gasteiger partial charge in [0, 0.05) is 13.1 Å². The first-order valence-electron chi connectivity index (χ1n) is 5.45. The van der Waals surface area contributed by atoms with E-state index >= 15 is 0 Å². The Morgan fingerprint density at radius 3 is 2.32 bits per heavy atom. The maximum atomic E-state index is 12.8. The largest absolute Gasteiger partial charge is 0.508 e. The molecule has 100 valence electrons. The van der Waals surface area contributed by atoms with Crippen LogP contribution < -0.4 is 4.31 Å². The van der Waals surface area contributed by atoms with Crippen LogP contribution in [0.3, 0.4) is 0 Å². The zero-order valence-electron chi connectivity index (χ0n) is 10.1. The molecule has 4 nitrogen and oxygen atoms in total. The average Bonchev–Trinajstić information content (AvgIpc) is 2.39. The van der Waals surface area contributed by atoms with Crippen molar-refractivity contribution in [1.29, 1.82) is 0 Å². The van der Waals surface area contributed by atoms with E-state index in [0.717, 1.165) is 10.4 Å². The van der Waals surface area contributed by atoms with Gasteiger partial charge in [-0.3, -0.25) is 4.31 Å². The number of hydrogen-bond donors (Lipinski definition) is 1. The molecule has 19 heavy (non-hydrogen) atoms. The minimum atomic E-state index is -3.78. The molecule has 0 unspecified atom stereocenters. The summed E-state index contributed by atoms with van der Waals surface area (Å²) in [5.41, 5.74) is 0.338. The molecule has 0 bridgehead atoms. The molecule has 0 fully saturated rings. The van der Waals surface area contributed by atoms with Crippen LogP contribution in [0.4, 0.5) is 10.1 Å². The molecule has 0 spiro atoms. The summed E-state index contributed by atoms with van der Waals surface area (Å²) in [7, 11) is -2.41. The second-order valence-electron chi connectivity index (χ2n) is 3.95. The first-order chi connectivity index (χ1) is 8.91. The van der Waals surface area contributed by atoms with Crippen LogP contribution in [0, 0.1) is 5.82 Å². The lowest BCUT2D eigenvalue weighted by atomic mass is 10.3. The highest BCUT2D eigenvalue weighted by Gasteiger charge is 2.21. The standard InChI is InChI=1S/C13H12FNO3S/c1-15(11-7-5-10(14)6-8-11)19(17,18)13-4-2-3-12(16)9-13/h2-9,16H,1H3. The van der Waals surface area contributed by atoms with E-state index < -0.39 is 15.8 Å². The molecular formula is C13H12FNO3S. The number of sulfonamides is 1. The highest BCUT2D eigenvalue weighted by atomic mass is 32.2. The zero-order valence-corrected chi connectivity index (χ0v) is 10.9. The molecule has 0 saturated heterocycles. The third kappa shape index (κ3) is 2.68. The fourth-order valence-electron chi connectivity index (χ4n) is 1.59. The first-order valence-corrected chi connectivity index (χ1v) is 6.89. The van der Waals surface area contributed by atoms with Gasteiger partial charge in [0.15, 0.2) is 0 Å². The van der Waals surface area contributed by atoms with Crippen molar-refractivity contribution < 1.29 is 17.9 Å². The Bertz CT molecular complexity index is 683. The quantitative estimate of drug-likeness (QED) is 0.939. The Morgan fingerprint density at radius 1 is 1.11 bits per heavy atom. The second-order valence-corrected chi connectivity index (χ2v) is 5.92. The van der Waals surface area contributed by atoms with Gasteiger partial charge < -0.3 is 5.11 Å². The molecule has 0 radical (unpaired) electrons. The number of phenols is 1. The van der Waals surface area contributed by atoms with Crippen LogP contribution in [0.5, 0.6) is 5.75 Å². The molecule has 0 aliphatic carbocycles. The van der Waals surface area contributed by atoms with Crippen LogP contribution in [0.15, 0.2) is 53.4 Å². The van der Waals surface area contributed by atoms with Crippen LogP contribution in [0.25, 0.3) is 0 Å². The normalized spacial score (nSPS) is 11.3. The van der Waals surface area contributed by atoms with Crippen molar-refractivity contribution >= 4 is 15.7 Å². The maximum Gasteiger partial charge on any atom is 0.264 e. The Labute approximate surface area is 110 Å². The summed E-state index contributed by atoms with van der Waals surface area (Å²) in [5.74, 6) is -0.569. The number of halogens is 1. The molecule has 1 N–H and O–H groups in total. The third-order valence-corrected chi connectivity index (χ3v) is 4.45. The van der Waals surface area contributed by atoms with E-state index in [-0.39, 0.29) is 10.6 Å². The summed E-state index contributed by atoms with van der Waals surface area (Å²) >= 11 is 0. The van der Waals surface area contributed by atoms with E-state index in [1.165, 1.54) is 49.5 Å². The van der Waals surface area contributed by atoms with E-state index in [4.69, 9.17) is 0 Å². The van der Waals surface area contributed by atoms with Gasteiger partial charge in [0.05, 0.1) is 10.6 Å². The van der Waals surface area contributed by atoms with Gasteiger partial charge in [-0.1, -0.05) is 6.07 Å². The molecule has 0 aliphatic heterocycles. The topological polar surface area (TPSA) is 57.6 Å². The molecule has 2 aromatic rings. The highest BCUT2D eigenvalue weighted by molar-refractivity contribution is 7.92. The van der Waals surface area contributed by atoms with Crippen LogP contribution in [-0.4, -0.2) is 20.6 Å². The van der Waals surface area contributed by atoms with E-state index in [9.17, 15) is 17.9 Å². The predicted molar refractivity (Wildman–Crippen MR) is 70.1 cm³/mol. The van der Waals surface area contributed by atoms with Gasteiger partial charge >= 0.3 is 0 Å². The summed E-state index contributed by atoms with van der Waals surface area (Å²) in [4.78, 5) is -0.0284. The lowest BCUT2D eigenvalue weighted by Crippen LogP contribution is -2.26. The second kappa shape index (κ2) is 4.89. The van der Waals surface area contributed by atoms with Crippen molar-refractivity contribution in [2.75, 3.05) is 11.4 Å². The fraction of sp³-hybridized carbons (Fsp3) is 0.0769. The molecule has 6 heteroatoms. The number of nitrogens with zero attached hydrogens (tertiary/aromatic N) is 1. The van der Waals surface area contributed by atoms with Gasteiger partial charge in [-0.25, -0.2) is 12.8 Å². The van der Waals surface area contributed by atoms with Crippen LogP contribution >= 0.6 is 0 Å².